The molecule has 2 heterocycles. The van der Waals surface area contributed by atoms with Gasteiger partial charge in [-0.25, -0.2) is 4.79 Å². The molecule has 6 nitrogen and oxygen atoms in total. The first-order chi connectivity index (χ1) is 12.2. The highest BCUT2D eigenvalue weighted by Crippen LogP contribution is 2.15. The minimum Gasteiger partial charge on any atom is -0.472 e. The molecule has 1 aromatic heterocycles. The lowest BCUT2D eigenvalue weighted by molar-refractivity contribution is 0.0600. The largest absolute Gasteiger partial charge is 0.472 e. The third-order valence-corrected chi connectivity index (χ3v) is 4.52. The second-order valence-corrected chi connectivity index (χ2v) is 6.15. The Labute approximate surface area is 146 Å². The van der Waals surface area contributed by atoms with E-state index in [1.54, 1.807) is 18.2 Å². The molecule has 1 amide bonds. The molecule has 25 heavy (non-hydrogen) atoms. The molecule has 0 unspecified atom stereocenters. The fourth-order valence-electron chi connectivity index (χ4n) is 2.99. The number of amides is 1. The molecule has 3 rings (SSSR count). The van der Waals surface area contributed by atoms with Gasteiger partial charge in [-0.1, -0.05) is 12.1 Å². The number of furan rings is 1. The SMILES string of the molecule is COC(=O)c1ccc(CNC2CCN(C(=O)c3ccoc3)CC2)cc1. The van der Waals surface area contributed by atoms with Crippen LogP contribution in [0.2, 0.25) is 0 Å². The minimum absolute atomic E-state index is 0.0330. The van der Waals surface area contributed by atoms with Gasteiger partial charge in [-0.15, -0.1) is 0 Å². The molecule has 1 N–H and O–H groups in total. The van der Waals surface area contributed by atoms with Crippen molar-refractivity contribution in [1.29, 1.82) is 0 Å². The van der Waals surface area contributed by atoms with Gasteiger partial charge in [0.15, 0.2) is 0 Å². The predicted octanol–water partition coefficient (Wildman–Crippen LogP) is 2.46. The summed E-state index contributed by atoms with van der Waals surface area (Å²) in [6.45, 7) is 2.22. The van der Waals surface area contributed by atoms with E-state index in [1.807, 2.05) is 17.0 Å². The molecule has 0 saturated carbocycles. The van der Waals surface area contributed by atoms with Crippen LogP contribution in [0.3, 0.4) is 0 Å². The summed E-state index contributed by atoms with van der Waals surface area (Å²) in [7, 11) is 1.38. The normalized spacial score (nSPS) is 15.2. The van der Waals surface area contributed by atoms with Crippen LogP contribution in [-0.4, -0.2) is 43.0 Å². The van der Waals surface area contributed by atoms with Crippen LogP contribution in [0.25, 0.3) is 0 Å². The second-order valence-electron chi connectivity index (χ2n) is 6.15. The van der Waals surface area contributed by atoms with Gasteiger partial charge in [0.2, 0.25) is 0 Å². The lowest BCUT2D eigenvalue weighted by Gasteiger charge is -2.32. The van der Waals surface area contributed by atoms with Crippen LogP contribution in [0, 0.1) is 0 Å². The zero-order valence-corrected chi connectivity index (χ0v) is 14.2. The lowest BCUT2D eigenvalue weighted by Crippen LogP contribution is -2.44. The maximum absolute atomic E-state index is 12.3. The van der Waals surface area contributed by atoms with Gasteiger partial charge in [0, 0.05) is 25.7 Å². The molecule has 0 atom stereocenters. The Morgan fingerprint density at radius 3 is 2.48 bits per heavy atom. The first kappa shape index (κ1) is 17.2. The molecule has 1 fully saturated rings. The molecule has 0 aliphatic carbocycles. The van der Waals surface area contributed by atoms with E-state index in [4.69, 9.17) is 9.15 Å². The van der Waals surface area contributed by atoms with Crippen molar-refractivity contribution in [1.82, 2.24) is 10.2 Å². The van der Waals surface area contributed by atoms with Gasteiger partial charge in [-0.3, -0.25) is 4.79 Å². The minimum atomic E-state index is -0.325. The molecular formula is C19H22N2O4. The van der Waals surface area contributed by atoms with Crippen LogP contribution in [0.1, 0.15) is 39.1 Å². The van der Waals surface area contributed by atoms with E-state index in [2.05, 4.69) is 5.32 Å². The summed E-state index contributed by atoms with van der Waals surface area (Å²) in [6, 6.07) is 9.48. The molecule has 1 aliphatic rings. The number of benzene rings is 1. The highest BCUT2D eigenvalue weighted by atomic mass is 16.5. The van der Waals surface area contributed by atoms with Gasteiger partial charge in [0.05, 0.1) is 24.5 Å². The number of esters is 1. The Balaban J connectivity index is 1.45. The number of rotatable bonds is 5. The van der Waals surface area contributed by atoms with Gasteiger partial charge in [-0.2, -0.15) is 0 Å². The van der Waals surface area contributed by atoms with E-state index in [1.165, 1.54) is 19.6 Å². The molecule has 1 aromatic carbocycles. The predicted molar refractivity (Wildman–Crippen MR) is 92.3 cm³/mol. The number of hydrogen-bond donors (Lipinski definition) is 1. The van der Waals surface area contributed by atoms with Crippen molar-refractivity contribution >= 4 is 11.9 Å². The van der Waals surface area contributed by atoms with Gasteiger partial charge in [-0.05, 0) is 36.6 Å². The number of carbonyl (C=O) groups excluding carboxylic acids is 2. The Hall–Kier alpha value is -2.60. The zero-order chi connectivity index (χ0) is 17.6. The van der Waals surface area contributed by atoms with E-state index in [0.29, 0.717) is 17.2 Å². The van der Waals surface area contributed by atoms with Crippen molar-refractivity contribution in [3.05, 3.63) is 59.5 Å². The number of hydrogen-bond acceptors (Lipinski definition) is 5. The molecule has 1 saturated heterocycles. The highest BCUT2D eigenvalue weighted by Gasteiger charge is 2.23. The average Bonchev–Trinajstić information content (AvgIpc) is 3.21. The summed E-state index contributed by atoms with van der Waals surface area (Å²) in [4.78, 5) is 25.6. The summed E-state index contributed by atoms with van der Waals surface area (Å²) < 4.78 is 9.67. The lowest BCUT2D eigenvalue weighted by atomic mass is 10.0. The molecular weight excluding hydrogens is 320 g/mol. The smallest absolute Gasteiger partial charge is 0.337 e. The van der Waals surface area contributed by atoms with Crippen molar-refractivity contribution in [3.63, 3.8) is 0 Å². The summed E-state index contributed by atoms with van der Waals surface area (Å²) in [5.74, 6) is -0.292. The van der Waals surface area contributed by atoms with E-state index in [-0.39, 0.29) is 11.9 Å². The standard InChI is InChI=1S/C19H22N2O4/c1-24-19(23)15-4-2-14(3-5-15)12-20-17-6-9-21(10-7-17)18(22)16-8-11-25-13-16/h2-5,8,11,13,17,20H,6-7,9-10,12H2,1H3. The third kappa shape index (κ3) is 4.28. The molecule has 0 spiro atoms. The number of nitrogens with one attached hydrogen (secondary N) is 1. The quantitative estimate of drug-likeness (QED) is 0.845. The van der Waals surface area contributed by atoms with E-state index < -0.39 is 0 Å². The van der Waals surface area contributed by atoms with Crippen molar-refractivity contribution in [2.75, 3.05) is 20.2 Å². The van der Waals surface area contributed by atoms with Crippen LogP contribution in [-0.2, 0) is 11.3 Å². The van der Waals surface area contributed by atoms with Crippen molar-refractivity contribution < 1.29 is 18.7 Å². The number of methoxy groups -OCH3 is 1. The molecule has 0 radical (unpaired) electrons. The number of likely N-dealkylation sites (tertiary alicyclic amines) is 1. The number of nitrogens with zero attached hydrogens (tertiary/aromatic N) is 1. The number of piperidine rings is 1. The Bertz CT molecular complexity index is 702. The molecule has 6 heteroatoms. The van der Waals surface area contributed by atoms with Crippen molar-refractivity contribution in [3.8, 4) is 0 Å². The van der Waals surface area contributed by atoms with Crippen LogP contribution >= 0.6 is 0 Å². The maximum Gasteiger partial charge on any atom is 0.337 e. The van der Waals surface area contributed by atoms with Gasteiger partial charge in [0.1, 0.15) is 6.26 Å². The Kier molecular flexibility index (Phi) is 5.50. The summed E-state index contributed by atoms with van der Waals surface area (Å²) in [6.07, 6.45) is 4.85. The van der Waals surface area contributed by atoms with Crippen molar-refractivity contribution in [2.45, 2.75) is 25.4 Å². The van der Waals surface area contributed by atoms with Gasteiger partial charge >= 0.3 is 5.97 Å². The average molecular weight is 342 g/mol. The van der Waals surface area contributed by atoms with E-state index in [9.17, 15) is 9.59 Å². The van der Waals surface area contributed by atoms with Crippen LogP contribution in [0.5, 0.6) is 0 Å². The van der Waals surface area contributed by atoms with E-state index >= 15 is 0 Å². The molecule has 0 bridgehead atoms. The fourth-order valence-corrected chi connectivity index (χ4v) is 2.99. The molecule has 2 aromatic rings. The first-order valence-electron chi connectivity index (χ1n) is 8.39. The fraction of sp³-hybridized carbons (Fsp3) is 0.368. The topological polar surface area (TPSA) is 71.8 Å². The Morgan fingerprint density at radius 2 is 1.88 bits per heavy atom. The second kappa shape index (κ2) is 7.98. The van der Waals surface area contributed by atoms with Crippen LogP contribution in [0.15, 0.2) is 47.3 Å². The third-order valence-electron chi connectivity index (χ3n) is 4.52. The van der Waals surface area contributed by atoms with Crippen LogP contribution in [0.4, 0.5) is 0 Å². The van der Waals surface area contributed by atoms with Crippen LogP contribution < -0.4 is 5.32 Å². The maximum atomic E-state index is 12.3. The summed E-state index contributed by atoms with van der Waals surface area (Å²) in [5, 5.41) is 3.52. The first-order valence-corrected chi connectivity index (χ1v) is 8.39. The van der Waals surface area contributed by atoms with Gasteiger partial charge < -0.3 is 19.4 Å². The van der Waals surface area contributed by atoms with Crippen molar-refractivity contribution in [2.24, 2.45) is 0 Å². The highest BCUT2D eigenvalue weighted by molar-refractivity contribution is 5.93. The number of carbonyl (C=O) groups is 2. The van der Waals surface area contributed by atoms with E-state index in [0.717, 1.165) is 38.0 Å². The summed E-state index contributed by atoms with van der Waals surface area (Å²) >= 11 is 0. The summed E-state index contributed by atoms with van der Waals surface area (Å²) in [5.41, 5.74) is 2.28. The zero-order valence-electron chi connectivity index (χ0n) is 14.2. The monoisotopic (exact) mass is 342 g/mol. The number of ether oxygens (including phenoxy) is 1. The Morgan fingerprint density at radius 1 is 1.16 bits per heavy atom. The van der Waals surface area contributed by atoms with Gasteiger partial charge in [0.25, 0.3) is 5.91 Å². The molecule has 132 valence electrons. The molecule has 1 aliphatic heterocycles.